The maximum atomic E-state index is 12.8. The maximum absolute atomic E-state index is 12.8. The van der Waals surface area contributed by atoms with Crippen LogP contribution in [0.3, 0.4) is 0 Å². The molecule has 0 saturated heterocycles. The minimum atomic E-state index is -3.96. The molecule has 0 aliphatic rings. The van der Waals surface area contributed by atoms with Crippen LogP contribution in [0.5, 0.6) is 0 Å². The molecule has 2 aromatic rings. The van der Waals surface area contributed by atoms with Gasteiger partial charge in [0.1, 0.15) is 0 Å². The topological polar surface area (TPSA) is 77.5 Å². The minimum absolute atomic E-state index is 0.0982. The summed E-state index contributed by atoms with van der Waals surface area (Å²) in [5.74, 6) is -0.150. The largest absolute Gasteiger partial charge is 0.297 e. The lowest BCUT2D eigenvalue weighted by molar-refractivity contribution is 0.190. The van der Waals surface area contributed by atoms with Crippen LogP contribution in [-0.4, -0.2) is 28.7 Å². The number of aryl methyl sites for hydroxylation is 1. The molecule has 0 unspecified atom stereocenters. The molecule has 0 radical (unpaired) electrons. The lowest BCUT2D eigenvalue weighted by Gasteiger charge is -2.18. The summed E-state index contributed by atoms with van der Waals surface area (Å²) in [6.45, 7) is 4.10. The highest BCUT2D eigenvalue weighted by atomic mass is 32.2. The molecule has 34 heavy (non-hydrogen) atoms. The normalized spacial score (nSPS) is 13.1. The molecule has 0 N–H and O–H groups in total. The molecule has 1 atom stereocenters. The molecule has 0 aromatic heterocycles. The first-order valence-corrected chi connectivity index (χ1v) is 15.6. The van der Waals surface area contributed by atoms with Crippen molar-refractivity contribution in [2.24, 2.45) is 0 Å². The van der Waals surface area contributed by atoms with Gasteiger partial charge in [0, 0.05) is 0 Å². The molecular weight excluding hydrogens is 468 g/mol. The Labute approximate surface area is 207 Å². The lowest BCUT2D eigenvalue weighted by atomic mass is 10.0. The molecule has 0 spiro atoms. The second-order valence-corrected chi connectivity index (χ2v) is 12.7. The van der Waals surface area contributed by atoms with Crippen LogP contribution in [0.4, 0.5) is 0 Å². The number of rotatable bonds is 17. The number of hydrogen-bond donors (Lipinski definition) is 0. The van der Waals surface area contributed by atoms with Gasteiger partial charge in [-0.3, -0.25) is 4.18 Å². The van der Waals surface area contributed by atoms with Gasteiger partial charge in [0.2, 0.25) is 0 Å². The van der Waals surface area contributed by atoms with Crippen molar-refractivity contribution in [2.45, 2.75) is 100 Å². The summed E-state index contributed by atoms with van der Waals surface area (Å²) in [4.78, 5) is 0.347. The molecule has 0 heterocycles. The highest BCUT2D eigenvalue weighted by Gasteiger charge is 2.24. The average molecular weight is 509 g/mol. The van der Waals surface area contributed by atoms with Crippen LogP contribution in [-0.2, 0) is 24.1 Å². The molecule has 0 bridgehead atoms. The SMILES string of the molecule is CCCCCCCCCCC[C@@H](CCS(=O)(=O)c1ccccc1)OS(=O)(=O)c1ccc(C)cc1. The van der Waals surface area contributed by atoms with E-state index in [9.17, 15) is 16.8 Å². The molecule has 0 aliphatic heterocycles. The van der Waals surface area contributed by atoms with E-state index in [1.54, 1.807) is 42.5 Å². The fourth-order valence-corrected chi connectivity index (χ4v) is 6.41. The van der Waals surface area contributed by atoms with Crippen LogP contribution in [0.2, 0.25) is 0 Å². The first-order chi connectivity index (χ1) is 16.2. The summed E-state index contributed by atoms with van der Waals surface area (Å²) >= 11 is 0. The maximum Gasteiger partial charge on any atom is 0.297 e. The fourth-order valence-electron chi connectivity index (χ4n) is 3.90. The zero-order valence-electron chi connectivity index (χ0n) is 20.6. The molecule has 2 rings (SSSR count). The lowest BCUT2D eigenvalue weighted by Crippen LogP contribution is -2.22. The van der Waals surface area contributed by atoms with Crippen LogP contribution >= 0.6 is 0 Å². The second kappa shape index (κ2) is 14.6. The van der Waals surface area contributed by atoms with E-state index in [1.165, 1.54) is 50.7 Å². The van der Waals surface area contributed by atoms with Gasteiger partial charge in [-0.15, -0.1) is 0 Å². The number of hydrogen-bond acceptors (Lipinski definition) is 5. The fraction of sp³-hybridized carbons (Fsp3) is 0.556. The monoisotopic (exact) mass is 508 g/mol. The first-order valence-electron chi connectivity index (χ1n) is 12.5. The Morgan fingerprint density at radius 3 is 1.82 bits per heavy atom. The van der Waals surface area contributed by atoms with Crippen LogP contribution in [0.25, 0.3) is 0 Å². The van der Waals surface area contributed by atoms with E-state index in [-0.39, 0.29) is 22.0 Å². The van der Waals surface area contributed by atoms with Gasteiger partial charge in [-0.25, -0.2) is 8.42 Å². The molecule has 5 nitrogen and oxygen atoms in total. The second-order valence-electron chi connectivity index (χ2n) is 9.02. The predicted octanol–water partition coefficient (Wildman–Crippen LogP) is 6.85. The van der Waals surface area contributed by atoms with E-state index < -0.39 is 26.1 Å². The van der Waals surface area contributed by atoms with E-state index in [1.807, 2.05) is 6.92 Å². The smallest absolute Gasteiger partial charge is 0.263 e. The van der Waals surface area contributed by atoms with E-state index in [2.05, 4.69) is 6.92 Å². The van der Waals surface area contributed by atoms with Crippen molar-refractivity contribution in [3.63, 3.8) is 0 Å². The Kier molecular flexibility index (Phi) is 12.3. The number of sulfone groups is 1. The molecule has 2 aromatic carbocycles. The van der Waals surface area contributed by atoms with Gasteiger partial charge in [-0.2, -0.15) is 8.42 Å². The van der Waals surface area contributed by atoms with Gasteiger partial charge in [0.05, 0.1) is 21.6 Å². The average Bonchev–Trinajstić information content (AvgIpc) is 2.82. The van der Waals surface area contributed by atoms with Crippen molar-refractivity contribution in [1.82, 2.24) is 0 Å². The molecular formula is C27H40O5S2. The third kappa shape index (κ3) is 10.3. The standard InChI is InChI=1S/C27H40O5S2/c1-3-4-5-6-7-8-9-10-12-15-25(22-23-33(28,29)26-16-13-11-14-17-26)32-34(30,31)27-20-18-24(2)19-21-27/h11,13-14,16-21,25H,3-10,12,15,22-23H2,1-2H3/t25-/m0/s1. The summed E-state index contributed by atoms with van der Waals surface area (Å²) in [6, 6.07) is 14.8. The van der Waals surface area contributed by atoms with E-state index >= 15 is 0 Å². The van der Waals surface area contributed by atoms with E-state index in [0.717, 1.165) is 24.8 Å². The van der Waals surface area contributed by atoms with Crippen LogP contribution in [0, 0.1) is 6.92 Å². The van der Waals surface area contributed by atoms with Gasteiger partial charge in [-0.05, 0) is 44.0 Å². The van der Waals surface area contributed by atoms with E-state index in [0.29, 0.717) is 6.42 Å². The third-order valence-electron chi connectivity index (χ3n) is 6.01. The van der Waals surface area contributed by atoms with Crippen molar-refractivity contribution >= 4 is 20.0 Å². The quantitative estimate of drug-likeness (QED) is 0.172. The van der Waals surface area contributed by atoms with Crippen molar-refractivity contribution in [2.75, 3.05) is 5.75 Å². The number of unbranched alkanes of at least 4 members (excludes halogenated alkanes) is 8. The summed E-state index contributed by atoms with van der Waals surface area (Å²) < 4.78 is 56.7. The van der Waals surface area contributed by atoms with Crippen LogP contribution in [0.15, 0.2) is 64.4 Å². The Morgan fingerprint density at radius 1 is 0.676 bits per heavy atom. The van der Waals surface area contributed by atoms with Crippen LogP contribution < -0.4 is 0 Å². The van der Waals surface area contributed by atoms with Crippen LogP contribution in [0.1, 0.15) is 83.1 Å². The molecule has 0 amide bonds. The van der Waals surface area contributed by atoms with Crippen molar-refractivity contribution in [3.05, 3.63) is 60.2 Å². The van der Waals surface area contributed by atoms with Gasteiger partial charge < -0.3 is 0 Å². The van der Waals surface area contributed by atoms with Gasteiger partial charge in [-0.1, -0.05) is 101 Å². The summed E-state index contributed by atoms with van der Waals surface area (Å²) in [7, 11) is -7.47. The summed E-state index contributed by atoms with van der Waals surface area (Å²) in [6.07, 6.45) is 10.4. The van der Waals surface area contributed by atoms with Gasteiger partial charge in [0.25, 0.3) is 10.1 Å². The summed E-state index contributed by atoms with van der Waals surface area (Å²) in [5.41, 5.74) is 0.958. The van der Waals surface area contributed by atoms with Gasteiger partial charge in [0.15, 0.2) is 9.84 Å². The van der Waals surface area contributed by atoms with E-state index in [4.69, 9.17) is 4.18 Å². The molecule has 0 saturated carbocycles. The van der Waals surface area contributed by atoms with Crippen molar-refractivity contribution in [3.8, 4) is 0 Å². The molecule has 0 fully saturated rings. The Hall–Kier alpha value is -1.70. The highest BCUT2D eigenvalue weighted by molar-refractivity contribution is 7.91. The molecule has 0 aliphatic carbocycles. The van der Waals surface area contributed by atoms with Crippen molar-refractivity contribution in [1.29, 1.82) is 0 Å². The Bertz CT molecular complexity index is 1030. The molecule has 7 heteroatoms. The Morgan fingerprint density at radius 2 is 1.24 bits per heavy atom. The highest BCUT2D eigenvalue weighted by Crippen LogP contribution is 2.22. The summed E-state index contributed by atoms with van der Waals surface area (Å²) in [5, 5.41) is 0. The third-order valence-corrected chi connectivity index (χ3v) is 9.15. The van der Waals surface area contributed by atoms with Gasteiger partial charge >= 0.3 is 0 Å². The Balaban J connectivity index is 1.95. The minimum Gasteiger partial charge on any atom is -0.263 e. The predicted molar refractivity (Wildman–Crippen MR) is 138 cm³/mol. The first kappa shape index (κ1) is 28.5. The zero-order valence-corrected chi connectivity index (χ0v) is 22.2. The zero-order chi connectivity index (χ0) is 24.9. The number of benzene rings is 2. The molecule has 190 valence electrons. The van der Waals surface area contributed by atoms with Crippen molar-refractivity contribution < 1.29 is 21.0 Å².